The summed E-state index contributed by atoms with van der Waals surface area (Å²) < 4.78 is 10.1. The third-order valence-corrected chi connectivity index (χ3v) is 6.79. The van der Waals surface area contributed by atoms with E-state index in [2.05, 4.69) is 106 Å². The van der Waals surface area contributed by atoms with Crippen LogP contribution in [0.15, 0.2) is 115 Å². The molecule has 7 aromatic rings. The monoisotopic (exact) mass is 452 g/mol. The molecule has 0 bridgehead atoms. The number of aromatic nitrogens is 2. The van der Waals surface area contributed by atoms with E-state index >= 15 is 0 Å². The van der Waals surface area contributed by atoms with Crippen LogP contribution >= 0.6 is 0 Å². The fourth-order valence-electron chi connectivity index (χ4n) is 5.34. The number of hydrogen-bond donors (Lipinski definition) is 1. The van der Waals surface area contributed by atoms with E-state index < -0.39 is 0 Å². The minimum atomic E-state index is -0.350. The summed E-state index contributed by atoms with van der Waals surface area (Å²) in [4.78, 5) is 0. The van der Waals surface area contributed by atoms with E-state index in [1.54, 1.807) is 0 Å². The molecule has 0 amide bonds. The molecular formula is C30H21BN2O2. The van der Waals surface area contributed by atoms with Gasteiger partial charge in [-0.25, -0.2) is 0 Å². The maximum atomic E-state index is 9.33. The van der Waals surface area contributed by atoms with Crippen LogP contribution in [0.1, 0.15) is 0 Å². The summed E-state index contributed by atoms with van der Waals surface area (Å²) in [5.41, 5.74) is 6.81. The lowest BCUT2D eigenvalue weighted by Gasteiger charge is -2.10. The second-order valence-corrected chi connectivity index (χ2v) is 8.70. The molecule has 166 valence electrons. The van der Waals surface area contributed by atoms with Gasteiger partial charge in [-0.2, -0.15) is 0 Å². The van der Waals surface area contributed by atoms with Gasteiger partial charge in [0.2, 0.25) is 0 Å². The molecule has 2 heterocycles. The Hall–Kier alpha value is -4.48. The number of fused-ring (bicyclic) bond motifs is 6. The molecule has 0 unspecified atom stereocenters. The quantitative estimate of drug-likeness (QED) is 0.309. The highest BCUT2D eigenvalue weighted by molar-refractivity contribution is 6.20. The van der Waals surface area contributed by atoms with Crippen molar-refractivity contribution in [3.63, 3.8) is 0 Å². The van der Waals surface area contributed by atoms with Crippen molar-refractivity contribution >= 4 is 51.3 Å². The molecule has 0 aliphatic heterocycles. The van der Waals surface area contributed by atoms with E-state index in [9.17, 15) is 5.02 Å². The van der Waals surface area contributed by atoms with Crippen molar-refractivity contribution < 1.29 is 9.68 Å². The Bertz CT molecular complexity index is 1850. The van der Waals surface area contributed by atoms with Gasteiger partial charge in [0, 0.05) is 32.9 Å². The van der Waals surface area contributed by atoms with Crippen molar-refractivity contribution in [1.82, 2.24) is 9.13 Å². The van der Waals surface area contributed by atoms with Gasteiger partial charge in [0.15, 0.2) is 0 Å². The molecule has 0 atom stereocenters. The molecule has 0 aliphatic rings. The van der Waals surface area contributed by atoms with Crippen LogP contribution in [-0.2, 0) is 0 Å². The summed E-state index contributed by atoms with van der Waals surface area (Å²) >= 11 is 0. The average molecular weight is 452 g/mol. The molecule has 0 spiro atoms. The number of rotatable bonds is 4. The van der Waals surface area contributed by atoms with Crippen molar-refractivity contribution in [3.05, 3.63) is 115 Å². The molecule has 2 aromatic heterocycles. The highest BCUT2D eigenvalue weighted by Gasteiger charge is 2.18. The molecule has 0 saturated heterocycles. The lowest BCUT2D eigenvalue weighted by Crippen LogP contribution is -1.99. The zero-order chi connectivity index (χ0) is 23.4. The minimum Gasteiger partial charge on any atom is -0.539 e. The van der Waals surface area contributed by atoms with E-state index in [4.69, 9.17) is 4.65 Å². The van der Waals surface area contributed by atoms with Gasteiger partial charge in [-0.3, -0.25) is 0 Å². The minimum absolute atomic E-state index is 0.350. The maximum Gasteiger partial charge on any atom is 0.504 e. The van der Waals surface area contributed by atoms with Crippen LogP contribution < -0.4 is 4.65 Å². The molecule has 5 aromatic carbocycles. The topological polar surface area (TPSA) is 39.3 Å². The molecule has 0 aliphatic carbocycles. The molecular weight excluding hydrogens is 431 g/mol. The fourth-order valence-corrected chi connectivity index (χ4v) is 5.34. The first-order chi connectivity index (χ1) is 17.3. The molecule has 1 N–H and O–H groups in total. The Balaban J connectivity index is 1.67. The number of para-hydroxylation sites is 3. The molecule has 0 radical (unpaired) electrons. The lowest BCUT2D eigenvalue weighted by atomic mass is 10.1. The highest BCUT2D eigenvalue weighted by Crippen LogP contribution is 2.40. The van der Waals surface area contributed by atoms with Gasteiger partial charge in [0.25, 0.3) is 0 Å². The third kappa shape index (κ3) is 2.99. The highest BCUT2D eigenvalue weighted by atomic mass is 16.5. The Morgan fingerprint density at radius 2 is 1.03 bits per heavy atom. The summed E-state index contributed by atoms with van der Waals surface area (Å²) in [5, 5.41) is 14.0. The van der Waals surface area contributed by atoms with Gasteiger partial charge in [-0.05, 0) is 60.7 Å². The van der Waals surface area contributed by atoms with Crippen LogP contribution in [0.2, 0.25) is 0 Å². The largest absolute Gasteiger partial charge is 0.539 e. The van der Waals surface area contributed by atoms with Crippen LogP contribution in [0.5, 0.6) is 5.75 Å². The molecule has 5 heteroatoms. The van der Waals surface area contributed by atoms with Crippen molar-refractivity contribution in [2.45, 2.75) is 0 Å². The Morgan fingerprint density at radius 1 is 0.486 bits per heavy atom. The number of benzene rings is 5. The zero-order valence-corrected chi connectivity index (χ0v) is 18.9. The van der Waals surface area contributed by atoms with Gasteiger partial charge in [0.05, 0.1) is 22.1 Å². The molecule has 0 fully saturated rings. The summed E-state index contributed by atoms with van der Waals surface area (Å²) in [6.07, 6.45) is 0. The first kappa shape index (κ1) is 19.9. The van der Waals surface area contributed by atoms with Gasteiger partial charge >= 0.3 is 7.69 Å². The van der Waals surface area contributed by atoms with Crippen molar-refractivity contribution in [3.8, 4) is 17.1 Å². The van der Waals surface area contributed by atoms with Crippen LogP contribution in [0.4, 0.5) is 0 Å². The zero-order valence-electron chi connectivity index (χ0n) is 18.9. The van der Waals surface area contributed by atoms with Crippen LogP contribution in [0.25, 0.3) is 55.0 Å². The van der Waals surface area contributed by atoms with Crippen LogP contribution in [0.3, 0.4) is 0 Å². The lowest BCUT2D eigenvalue weighted by molar-refractivity contribution is 0.454. The Kier molecular flexibility index (Phi) is 4.44. The predicted molar refractivity (Wildman–Crippen MR) is 145 cm³/mol. The smallest absolute Gasteiger partial charge is 0.504 e. The number of nitrogens with zero attached hydrogens (tertiary/aromatic N) is 2. The molecule has 4 nitrogen and oxygen atoms in total. The fraction of sp³-hybridized carbons (Fsp3) is 0. The van der Waals surface area contributed by atoms with Crippen molar-refractivity contribution in [1.29, 1.82) is 0 Å². The van der Waals surface area contributed by atoms with E-state index in [0.29, 0.717) is 5.75 Å². The maximum absolute atomic E-state index is 9.33. The summed E-state index contributed by atoms with van der Waals surface area (Å²) in [6.45, 7) is 0. The normalized spacial score (nSPS) is 11.6. The predicted octanol–water partition coefficient (Wildman–Crippen LogP) is 6.52. The van der Waals surface area contributed by atoms with Gasteiger partial charge in [0.1, 0.15) is 5.75 Å². The van der Waals surface area contributed by atoms with E-state index in [1.807, 2.05) is 18.2 Å². The van der Waals surface area contributed by atoms with E-state index in [0.717, 1.165) is 38.7 Å². The van der Waals surface area contributed by atoms with E-state index in [1.165, 1.54) is 16.3 Å². The van der Waals surface area contributed by atoms with Crippen molar-refractivity contribution in [2.24, 2.45) is 0 Å². The molecule has 0 saturated carbocycles. The van der Waals surface area contributed by atoms with Gasteiger partial charge in [-0.1, -0.05) is 54.6 Å². The first-order valence-electron chi connectivity index (χ1n) is 11.7. The Morgan fingerprint density at radius 3 is 1.69 bits per heavy atom. The average Bonchev–Trinajstić information content (AvgIpc) is 3.40. The van der Waals surface area contributed by atoms with E-state index in [-0.39, 0.29) is 7.69 Å². The first-order valence-corrected chi connectivity index (χ1v) is 11.7. The third-order valence-electron chi connectivity index (χ3n) is 6.79. The molecule has 35 heavy (non-hydrogen) atoms. The van der Waals surface area contributed by atoms with Gasteiger partial charge < -0.3 is 18.8 Å². The second kappa shape index (κ2) is 7.79. The Labute approximate surface area is 202 Å². The standard InChI is InChI=1S/C30H21BN2O2/c34-31-35-22-15-16-28-24(17-22)26-18-25-23-13-7-8-14-27(23)32(20-9-3-1-4-10-20)29(25)19-30(26)33(28)21-11-5-2-6-12-21/h1-19,31,34H. The summed E-state index contributed by atoms with van der Waals surface area (Å²) in [6, 6.07) is 40.1. The second-order valence-electron chi connectivity index (χ2n) is 8.70. The SMILES string of the molecule is OBOc1ccc2c(c1)c1cc3c4ccccc4n(-c4ccccc4)c3cc1n2-c1ccccc1. The van der Waals surface area contributed by atoms with Crippen LogP contribution in [-0.4, -0.2) is 21.8 Å². The summed E-state index contributed by atoms with van der Waals surface area (Å²) in [5.74, 6) is 0.652. The van der Waals surface area contributed by atoms with Crippen molar-refractivity contribution in [2.75, 3.05) is 0 Å². The van der Waals surface area contributed by atoms with Crippen LogP contribution in [0, 0.1) is 0 Å². The number of hydrogen-bond acceptors (Lipinski definition) is 2. The van der Waals surface area contributed by atoms with Gasteiger partial charge in [-0.15, -0.1) is 0 Å². The molecule has 7 rings (SSSR count). The summed E-state index contributed by atoms with van der Waals surface area (Å²) in [7, 11) is -0.350.